The summed E-state index contributed by atoms with van der Waals surface area (Å²) in [7, 11) is 0. The van der Waals surface area contributed by atoms with E-state index in [2.05, 4.69) is 10.6 Å². The van der Waals surface area contributed by atoms with Crippen LogP contribution in [0.5, 0.6) is 0 Å². The quantitative estimate of drug-likeness (QED) is 0.789. The third-order valence-corrected chi connectivity index (χ3v) is 3.90. The van der Waals surface area contributed by atoms with Crippen molar-refractivity contribution in [2.24, 2.45) is 0 Å². The lowest BCUT2D eigenvalue weighted by molar-refractivity contribution is -0.143. The molecule has 7 heteroatoms. The first-order chi connectivity index (χ1) is 10.3. The Morgan fingerprint density at radius 1 is 1.41 bits per heavy atom. The van der Waals surface area contributed by atoms with Crippen molar-refractivity contribution >= 4 is 23.5 Å². The van der Waals surface area contributed by atoms with Crippen LogP contribution < -0.4 is 10.6 Å². The van der Waals surface area contributed by atoms with E-state index in [0.717, 1.165) is 6.07 Å². The lowest BCUT2D eigenvalue weighted by Crippen LogP contribution is -2.51. The topological polar surface area (TPSA) is 95.5 Å². The van der Waals surface area contributed by atoms with E-state index in [1.165, 1.54) is 13.0 Å². The number of carbonyl (C=O) groups is 3. The predicted molar refractivity (Wildman–Crippen MR) is 77.1 cm³/mol. The van der Waals surface area contributed by atoms with Gasteiger partial charge in [-0.2, -0.15) is 0 Å². The van der Waals surface area contributed by atoms with Crippen molar-refractivity contribution < 1.29 is 23.9 Å². The fourth-order valence-electron chi connectivity index (χ4n) is 2.19. The van der Waals surface area contributed by atoms with E-state index in [1.807, 2.05) is 0 Å². The minimum absolute atomic E-state index is 0.163. The first kappa shape index (κ1) is 15.9. The van der Waals surface area contributed by atoms with Crippen molar-refractivity contribution in [2.75, 3.05) is 5.32 Å². The van der Waals surface area contributed by atoms with Crippen LogP contribution in [0.15, 0.2) is 12.1 Å². The van der Waals surface area contributed by atoms with Gasteiger partial charge >= 0.3 is 5.97 Å². The fourth-order valence-corrected chi connectivity index (χ4v) is 2.19. The van der Waals surface area contributed by atoms with E-state index in [9.17, 15) is 18.8 Å². The SMILES string of the molecule is CCC(C)(NC(=O)c1cc2c(cc1F)NC(=O)CC2)C(=O)O. The molecule has 1 atom stereocenters. The van der Waals surface area contributed by atoms with Crippen molar-refractivity contribution in [3.05, 3.63) is 29.1 Å². The van der Waals surface area contributed by atoms with Crippen molar-refractivity contribution in [3.8, 4) is 0 Å². The Morgan fingerprint density at radius 2 is 2.09 bits per heavy atom. The molecule has 0 radical (unpaired) electrons. The maximum Gasteiger partial charge on any atom is 0.329 e. The van der Waals surface area contributed by atoms with Crippen LogP contribution in [0, 0.1) is 5.82 Å². The highest BCUT2D eigenvalue weighted by atomic mass is 19.1. The number of amides is 2. The van der Waals surface area contributed by atoms with Crippen LogP contribution in [0.3, 0.4) is 0 Å². The first-order valence-corrected chi connectivity index (χ1v) is 6.95. The molecule has 0 fully saturated rings. The molecular formula is C15H17FN2O4. The molecule has 1 aromatic carbocycles. The van der Waals surface area contributed by atoms with Crippen molar-refractivity contribution in [3.63, 3.8) is 0 Å². The molecule has 2 amide bonds. The molecule has 1 aliphatic rings. The maximum atomic E-state index is 14.1. The molecule has 22 heavy (non-hydrogen) atoms. The van der Waals surface area contributed by atoms with Gasteiger partial charge in [0.15, 0.2) is 0 Å². The molecule has 1 aliphatic heterocycles. The highest BCUT2D eigenvalue weighted by Gasteiger charge is 2.34. The van der Waals surface area contributed by atoms with E-state index in [0.29, 0.717) is 17.7 Å². The Kier molecular flexibility index (Phi) is 4.16. The highest BCUT2D eigenvalue weighted by Crippen LogP contribution is 2.26. The number of fused-ring (bicyclic) bond motifs is 1. The molecule has 3 N–H and O–H groups in total. The van der Waals surface area contributed by atoms with Crippen molar-refractivity contribution in [2.45, 2.75) is 38.6 Å². The lowest BCUT2D eigenvalue weighted by Gasteiger charge is -2.25. The second-order valence-corrected chi connectivity index (χ2v) is 5.48. The number of nitrogens with one attached hydrogen (secondary N) is 2. The summed E-state index contributed by atoms with van der Waals surface area (Å²) >= 11 is 0. The lowest BCUT2D eigenvalue weighted by atomic mass is 9.96. The van der Waals surface area contributed by atoms with Crippen LogP contribution in [0.25, 0.3) is 0 Å². The predicted octanol–water partition coefficient (Wildman–Crippen LogP) is 1.69. The highest BCUT2D eigenvalue weighted by molar-refractivity contribution is 6.00. The average Bonchev–Trinajstić information content (AvgIpc) is 2.45. The van der Waals surface area contributed by atoms with Gasteiger partial charge in [0.05, 0.1) is 5.56 Å². The van der Waals surface area contributed by atoms with Crippen LogP contribution in [0.1, 0.15) is 42.6 Å². The summed E-state index contributed by atoms with van der Waals surface area (Å²) in [5, 5.41) is 14.1. The van der Waals surface area contributed by atoms with Gasteiger partial charge in [0.1, 0.15) is 11.4 Å². The number of benzene rings is 1. The third kappa shape index (κ3) is 2.93. The molecule has 118 valence electrons. The Labute approximate surface area is 126 Å². The van der Waals surface area contributed by atoms with Crippen LogP contribution in [-0.4, -0.2) is 28.4 Å². The van der Waals surface area contributed by atoms with Gasteiger partial charge in [0.25, 0.3) is 5.91 Å². The fraction of sp³-hybridized carbons (Fsp3) is 0.400. The molecule has 1 heterocycles. The van der Waals surface area contributed by atoms with Gasteiger partial charge < -0.3 is 15.7 Å². The van der Waals surface area contributed by atoms with Crippen LogP contribution in [0.2, 0.25) is 0 Å². The number of anilines is 1. The summed E-state index contributed by atoms with van der Waals surface area (Å²) in [5.41, 5.74) is -0.689. The van der Waals surface area contributed by atoms with E-state index >= 15 is 0 Å². The summed E-state index contributed by atoms with van der Waals surface area (Å²) in [6.07, 6.45) is 0.837. The van der Waals surface area contributed by atoms with Crippen LogP contribution in [-0.2, 0) is 16.0 Å². The molecule has 2 rings (SSSR count). The largest absolute Gasteiger partial charge is 0.480 e. The zero-order chi connectivity index (χ0) is 16.5. The van der Waals surface area contributed by atoms with E-state index < -0.39 is 23.2 Å². The monoisotopic (exact) mass is 308 g/mol. The second-order valence-electron chi connectivity index (χ2n) is 5.48. The van der Waals surface area contributed by atoms with Gasteiger partial charge in [-0.25, -0.2) is 9.18 Å². The molecule has 0 aliphatic carbocycles. The molecule has 0 saturated heterocycles. The number of carboxylic acid groups (broad SMARTS) is 1. The van der Waals surface area contributed by atoms with Gasteiger partial charge in [-0.15, -0.1) is 0 Å². The first-order valence-electron chi connectivity index (χ1n) is 6.95. The number of aliphatic carboxylic acids is 1. The minimum Gasteiger partial charge on any atom is -0.480 e. The Bertz CT molecular complexity index is 659. The molecule has 0 bridgehead atoms. The molecule has 0 saturated carbocycles. The molecule has 1 aromatic rings. The van der Waals surface area contributed by atoms with E-state index in [1.54, 1.807) is 6.92 Å². The number of hydrogen-bond acceptors (Lipinski definition) is 3. The third-order valence-electron chi connectivity index (χ3n) is 3.90. The van der Waals surface area contributed by atoms with Gasteiger partial charge in [-0.3, -0.25) is 9.59 Å². The normalized spacial score (nSPS) is 16.2. The summed E-state index contributed by atoms with van der Waals surface area (Å²) < 4.78 is 14.1. The standard InChI is InChI=1S/C15H17FN2O4/c1-3-15(2,14(21)22)18-13(20)9-6-8-4-5-12(19)17-11(8)7-10(9)16/h6-7H,3-5H2,1-2H3,(H,17,19)(H,18,20)(H,21,22). The number of carboxylic acids is 1. The maximum absolute atomic E-state index is 14.1. The van der Waals surface area contributed by atoms with Crippen molar-refractivity contribution in [1.29, 1.82) is 0 Å². The van der Waals surface area contributed by atoms with Crippen molar-refractivity contribution in [1.82, 2.24) is 5.32 Å². The smallest absolute Gasteiger partial charge is 0.329 e. The van der Waals surface area contributed by atoms with E-state index in [4.69, 9.17) is 5.11 Å². The van der Waals surface area contributed by atoms with E-state index in [-0.39, 0.29) is 24.3 Å². The summed E-state index contributed by atoms with van der Waals surface area (Å²) in [6.45, 7) is 2.98. The molecule has 0 spiro atoms. The van der Waals surface area contributed by atoms with Crippen LogP contribution in [0.4, 0.5) is 10.1 Å². The zero-order valence-corrected chi connectivity index (χ0v) is 12.3. The van der Waals surface area contributed by atoms with Gasteiger partial charge in [-0.05, 0) is 37.5 Å². The molecular weight excluding hydrogens is 291 g/mol. The summed E-state index contributed by atoms with van der Waals surface area (Å²) in [6, 6.07) is 2.45. The minimum atomic E-state index is -1.46. The molecule has 0 aromatic heterocycles. The average molecular weight is 308 g/mol. The van der Waals surface area contributed by atoms with Gasteiger partial charge in [0.2, 0.25) is 5.91 Å². The summed E-state index contributed by atoms with van der Waals surface area (Å²) in [5.74, 6) is -2.98. The Morgan fingerprint density at radius 3 is 2.68 bits per heavy atom. The molecule has 1 unspecified atom stereocenters. The summed E-state index contributed by atoms with van der Waals surface area (Å²) in [4.78, 5) is 34.7. The Hall–Kier alpha value is -2.44. The van der Waals surface area contributed by atoms with Gasteiger partial charge in [-0.1, -0.05) is 6.92 Å². The second kappa shape index (κ2) is 5.75. The van der Waals surface area contributed by atoms with Crippen LogP contribution >= 0.6 is 0 Å². The number of carbonyl (C=O) groups excluding carboxylic acids is 2. The molecule has 6 nitrogen and oxygen atoms in total. The number of hydrogen-bond donors (Lipinski definition) is 3. The Balaban J connectivity index is 2.31. The number of halogens is 1. The van der Waals surface area contributed by atoms with Gasteiger partial charge in [0, 0.05) is 12.1 Å². The number of rotatable bonds is 4. The zero-order valence-electron chi connectivity index (χ0n) is 12.3. The number of aryl methyl sites for hydroxylation is 1.